The van der Waals surface area contributed by atoms with Crippen LogP contribution in [0.1, 0.15) is 52.0 Å². The number of aromatic hydroxyl groups is 1. The molecule has 7 rings (SSSR count). The lowest BCUT2D eigenvalue weighted by atomic mass is 9.49. The van der Waals surface area contributed by atoms with Gasteiger partial charge in [-0.1, -0.05) is 51.1 Å². The van der Waals surface area contributed by atoms with E-state index in [2.05, 4.69) is 62.2 Å². The normalized spacial score (nSPS) is 40.8. The zero-order valence-corrected chi connectivity index (χ0v) is 22.9. The highest BCUT2D eigenvalue weighted by molar-refractivity contribution is 5.88. The molecule has 3 heterocycles. The number of aromatic nitrogens is 1. The summed E-state index contributed by atoms with van der Waals surface area (Å²) in [5.41, 5.74) is 3.29. The number of rotatable bonds is 2. The minimum Gasteiger partial charge on any atom is -0.493 e. The summed E-state index contributed by atoms with van der Waals surface area (Å²) in [7, 11) is 3.94. The number of aliphatic hydroxyl groups excluding tert-OH is 2. The standard InChI is InChI=1S/C32H38N2O4/c1-29(2)15-21-14-23-27(36)28(37)24(34(4)5)16-31(23)10-11-32(21,38-31)25-9-8-22(30(25,29)3)19-7-6-18-13-26(35)33-17-20(18)12-19/h6-8,12-15,17,24-25,27-28,36-37H,9-11,16H2,1-5H3,(H,33,35)/t24-,25?,27+,28+,30+,31+,32+/m0/s1. The van der Waals surface area contributed by atoms with Crippen molar-refractivity contribution in [1.29, 1.82) is 0 Å². The Morgan fingerprint density at radius 3 is 2.61 bits per heavy atom. The van der Waals surface area contributed by atoms with E-state index in [9.17, 15) is 15.3 Å². The van der Waals surface area contributed by atoms with Crippen LogP contribution in [0.25, 0.3) is 16.3 Å². The summed E-state index contributed by atoms with van der Waals surface area (Å²) in [6, 6.07) is 8.00. The summed E-state index contributed by atoms with van der Waals surface area (Å²) >= 11 is 0. The lowest BCUT2D eigenvalue weighted by Crippen LogP contribution is -2.63. The summed E-state index contributed by atoms with van der Waals surface area (Å²) in [5.74, 6) is 0.295. The molecule has 0 amide bonds. The van der Waals surface area contributed by atoms with Crippen molar-refractivity contribution in [2.24, 2.45) is 16.7 Å². The quantitative estimate of drug-likeness (QED) is 0.543. The molecule has 1 saturated heterocycles. The largest absolute Gasteiger partial charge is 0.493 e. The maximum absolute atomic E-state index is 11.3. The average molecular weight is 515 g/mol. The van der Waals surface area contributed by atoms with Crippen molar-refractivity contribution in [2.45, 2.75) is 75.9 Å². The smallest absolute Gasteiger partial charge is 0.211 e. The lowest BCUT2D eigenvalue weighted by Gasteiger charge is -2.60. The molecule has 2 fully saturated rings. The van der Waals surface area contributed by atoms with Gasteiger partial charge in [0.15, 0.2) is 0 Å². The fourth-order valence-electron chi connectivity index (χ4n) is 8.81. The van der Waals surface area contributed by atoms with Gasteiger partial charge in [0.1, 0.15) is 6.10 Å². The Morgan fingerprint density at radius 1 is 1.05 bits per heavy atom. The predicted molar refractivity (Wildman–Crippen MR) is 147 cm³/mol. The second-order valence-electron chi connectivity index (χ2n) is 13.3. The number of ether oxygens (including phenoxy) is 1. The summed E-state index contributed by atoms with van der Waals surface area (Å²) < 4.78 is 7.31. The zero-order chi connectivity index (χ0) is 26.8. The van der Waals surface area contributed by atoms with Gasteiger partial charge < -0.3 is 25.0 Å². The van der Waals surface area contributed by atoms with E-state index in [1.54, 1.807) is 12.3 Å². The number of hydrogen-bond donors (Lipinski definition) is 3. The van der Waals surface area contributed by atoms with Crippen molar-refractivity contribution in [1.82, 2.24) is 9.88 Å². The molecule has 7 atom stereocenters. The molecule has 2 aliphatic heterocycles. The number of benzene rings is 1. The molecule has 3 aliphatic carbocycles. The Bertz CT molecular complexity index is 1460. The summed E-state index contributed by atoms with van der Waals surface area (Å²) in [6.45, 7) is 7.06. The van der Waals surface area contributed by atoms with Crippen molar-refractivity contribution in [2.75, 3.05) is 14.1 Å². The first-order valence-corrected chi connectivity index (χ1v) is 13.9. The minimum atomic E-state index is -0.924. The van der Waals surface area contributed by atoms with Crippen molar-refractivity contribution in [3.63, 3.8) is 0 Å². The topological polar surface area (TPSA) is 86.1 Å². The number of fused-ring (bicyclic) bond motifs is 2. The van der Waals surface area contributed by atoms with E-state index in [1.165, 1.54) is 16.7 Å². The van der Waals surface area contributed by atoms with Crippen molar-refractivity contribution >= 4 is 16.3 Å². The van der Waals surface area contributed by atoms with E-state index in [0.29, 0.717) is 6.42 Å². The second kappa shape index (κ2) is 7.57. The van der Waals surface area contributed by atoms with Crippen LogP contribution < -0.4 is 0 Å². The predicted octanol–water partition coefficient (Wildman–Crippen LogP) is 4.60. The lowest BCUT2D eigenvalue weighted by molar-refractivity contribution is -0.170. The first-order chi connectivity index (χ1) is 17.9. The van der Waals surface area contributed by atoms with Crippen molar-refractivity contribution < 1.29 is 20.1 Å². The van der Waals surface area contributed by atoms with Gasteiger partial charge in [-0.3, -0.25) is 0 Å². The van der Waals surface area contributed by atoms with Crippen LogP contribution in [0.15, 0.2) is 59.8 Å². The molecule has 5 aliphatic rings. The molecule has 6 nitrogen and oxygen atoms in total. The number of hydrogen-bond acceptors (Lipinski definition) is 6. The number of allylic oxidation sites excluding steroid dienone is 3. The molecule has 0 radical (unpaired) electrons. The number of aliphatic hydroxyl groups is 2. The Labute approximate surface area is 224 Å². The minimum absolute atomic E-state index is 0.0384. The fourth-order valence-corrected chi connectivity index (χ4v) is 8.81. The van der Waals surface area contributed by atoms with Crippen LogP contribution in [0, 0.1) is 16.7 Å². The fraction of sp³-hybridized carbons (Fsp3) is 0.531. The van der Waals surface area contributed by atoms with Crippen LogP contribution in [0.2, 0.25) is 0 Å². The third-order valence-corrected chi connectivity index (χ3v) is 11.1. The summed E-state index contributed by atoms with van der Waals surface area (Å²) in [5, 5.41) is 34.1. The summed E-state index contributed by atoms with van der Waals surface area (Å²) in [6.07, 6.45) is 10.4. The average Bonchev–Trinajstić information content (AvgIpc) is 3.40. The Balaban J connectivity index is 1.35. The van der Waals surface area contributed by atoms with Gasteiger partial charge in [0, 0.05) is 35.0 Å². The van der Waals surface area contributed by atoms with Crippen LogP contribution in [-0.2, 0) is 4.74 Å². The van der Waals surface area contributed by atoms with Crippen molar-refractivity contribution in [3.8, 4) is 5.88 Å². The number of nitrogens with zero attached hydrogens (tertiary/aromatic N) is 2. The molecule has 2 aromatic rings. The highest BCUT2D eigenvalue weighted by Gasteiger charge is 2.70. The SMILES string of the molecule is CN(C)[C@H]1C[C@@]23CC[C@@]4(O2)C(=CC(C)(C)[C@]2(C)C(c5ccc6cc(O)ncc6c5)=CCC42)C=C3[C@@H](O)[C@@H]1O. The van der Waals surface area contributed by atoms with Crippen LogP contribution in [-0.4, -0.2) is 68.8 Å². The molecule has 1 aromatic carbocycles. The Hall–Kier alpha value is -2.51. The molecule has 6 heteroatoms. The molecule has 3 N–H and O–H groups in total. The van der Waals surface area contributed by atoms with E-state index in [1.807, 2.05) is 19.0 Å². The maximum Gasteiger partial charge on any atom is 0.211 e. The molecule has 2 bridgehead atoms. The third-order valence-electron chi connectivity index (χ3n) is 11.1. The van der Waals surface area contributed by atoms with Gasteiger partial charge in [-0.2, -0.15) is 0 Å². The molecule has 200 valence electrons. The highest BCUT2D eigenvalue weighted by atomic mass is 16.5. The van der Waals surface area contributed by atoms with E-state index in [0.717, 1.165) is 35.6 Å². The number of pyridine rings is 1. The van der Waals surface area contributed by atoms with Gasteiger partial charge in [-0.25, -0.2) is 4.98 Å². The van der Waals surface area contributed by atoms with E-state index >= 15 is 0 Å². The molecule has 1 aromatic heterocycles. The van der Waals surface area contributed by atoms with Gasteiger partial charge in [0.25, 0.3) is 0 Å². The monoisotopic (exact) mass is 514 g/mol. The van der Waals surface area contributed by atoms with Gasteiger partial charge >= 0.3 is 0 Å². The van der Waals surface area contributed by atoms with Crippen LogP contribution in [0.4, 0.5) is 0 Å². The number of likely N-dealkylation sites (N-methyl/N-ethyl adjacent to an activating group) is 1. The molecule has 2 spiro atoms. The van der Waals surface area contributed by atoms with Gasteiger partial charge in [0.2, 0.25) is 5.88 Å². The molecular weight excluding hydrogens is 476 g/mol. The Morgan fingerprint density at radius 2 is 1.84 bits per heavy atom. The zero-order valence-electron chi connectivity index (χ0n) is 22.9. The van der Waals surface area contributed by atoms with E-state index in [-0.39, 0.29) is 28.7 Å². The summed E-state index contributed by atoms with van der Waals surface area (Å²) in [4.78, 5) is 6.14. The molecule has 38 heavy (non-hydrogen) atoms. The van der Waals surface area contributed by atoms with Gasteiger partial charge in [0.05, 0.1) is 17.3 Å². The molecule has 1 saturated carbocycles. The van der Waals surface area contributed by atoms with Gasteiger partial charge in [-0.05, 0) is 78.9 Å². The Kier molecular flexibility index (Phi) is 4.88. The van der Waals surface area contributed by atoms with E-state index < -0.39 is 23.4 Å². The molecular formula is C32H38N2O4. The van der Waals surface area contributed by atoms with Crippen molar-refractivity contribution in [3.05, 3.63) is 65.4 Å². The first kappa shape index (κ1) is 24.5. The second-order valence-corrected chi connectivity index (χ2v) is 13.3. The first-order valence-electron chi connectivity index (χ1n) is 13.9. The highest BCUT2D eigenvalue weighted by Crippen LogP contribution is 2.71. The maximum atomic E-state index is 11.3. The van der Waals surface area contributed by atoms with Crippen LogP contribution in [0.3, 0.4) is 0 Å². The van der Waals surface area contributed by atoms with Gasteiger partial charge in [-0.15, -0.1) is 0 Å². The third kappa shape index (κ3) is 2.90. The van der Waals surface area contributed by atoms with E-state index in [4.69, 9.17) is 4.74 Å². The van der Waals surface area contributed by atoms with Crippen LogP contribution in [0.5, 0.6) is 5.88 Å². The van der Waals surface area contributed by atoms with Crippen LogP contribution >= 0.6 is 0 Å². The molecule has 1 unspecified atom stereocenters.